The molecule has 1 N–H and O–H groups in total. The van der Waals surface area contributed by atoms with Gasteiger partial charge in [0.2, 0.25) is 0 Å². The number of halogens is 1. The van der Waals surface area contributed by atoms with Crippen LogP contribution in [0.5, 0.6) is 0 Å². The first-order valence-electron chi connectivity index (χ1n) is 6.33. The zero-order chi connectivity index (χ0) is 13.9. The third kappa shape index (κ3) is 3.26. The lowest BCUT2D eigenvalue weighted by Gasteiger charge is -2.43. The van der Waals surface area contributed by atoms with E-state index in [1.54, 1.807) is 12.1 Å². The number of nitrogens with zero attached hydrogens (tertiary/aromatic N) is 1. The third-order valence-electron chi connectivity index (χ3n) is 3.67. The summed E-state index contributed by atoms with van der Waals surface area (Å²) in [7, 11) is 0. The molecule has 0 aliphatic carbocycles. The van der Waals surface area contributed by atoms with Gasteiger partial charge in [0, 0.05) is 18.1 Å². The van der Waals surface area contributed by atoms with Gasteiger partial charge in [-0.15, -0.1) is 0 Å². The highest BCUT2D eigenvalue weighted by atomic mass is 35.5. The maximum Gasteiger partial charge on any atom is 0.305 e. The SMILES string of the molecule is CC(CC(=O)O)(c1ccc(Cl)cc1)N1CCOCC1. The van der Waals surface area contributed by atoms with E-state index in [0.29, 0.717) is 18.2 Å². The van der Waals surface area contributed by atoms with Crippen LogP contribution in [0.2, 0.25) is 5.02 Å². The normalized spacial score (nSPS) is 19.9. The Hall–Kier alpha value is -1.10. The lowest BCUT2D eigenvalue weighted by atomic mass is 9.86. The Bertz CT molecular complexity index is 443. The number of morpholine rings is 1. The van der Waals surface area contributed by atoms with Crippen molar-refractivity contribution >= 4 is 17.6 Å². The van der Waals surface area contributed by atoms with Crippen molar-refractivity contribution in [3.63, 3.8) is 0 Å². The van der Waals surface area contributed by atoms with Crippen molar-refractivity contribution in [2.45, 2.75) is 18.9 Å². The minimum atomic E-state index is -0.802. The Morgan fingerprint density at radius 1 is 1.37 bits per heavy atom. The minimum absolute atomic E-state index is 0.0641. The van der Waals surface area contributed by atoms with Gasteiger partial charge in [-0.1, -0.05) is 23.7 Å². The van der Waals surface area contributed by atoms with Crippen LogP contribution in [0, 0.1) is 0 Å². The molecule has 1 aromatic carbocycles. The average molecular weight is 284 g/mol. The van der Waals surface area contributed by atoms with E-state index >= 15 is 0 Å². The zero-order valence-electron chi connectivity index (χ0n) is 10.9. The first-order chi connectivity index (χ1) is 9.02. The van der Waals surface area contributed by atoms with Gasteiger partial charge < -0.3 is 9.84 Å². The molecule has 0 radical (unpaired) electrons. The molecule has 0 amide bonds. The van der Waals surface area contributed by atoms with E-state index in [9.17, 15) is 9.90 Å². The number of ether oxygens (including phenoxy) is 1. The number of carboxylic acids is 1. The molecule has 4 nitrogen and oxygen atoms in total. The second-order valence-electron chi connectivity index (χ2n) is 4.95. The van der Waals surface area contributed by atoms with Gasteiger partial charge in [0.15, 0.2) is 0 Å². The molecule has 1 aliphatic heterocycles. The average Bonchev–Trinajstić information content (AvgIpc) is 2.39. The first-order valence-corrected chi connectivity index (χ1v) is 6.71. The van der Waals surface area contributed by atoms with Crippen LogP contribution in [0.4, 0.5) is 0 Å². The third-order valence-corrected chi connectivity index (χ3v) is 3.92. The Balaban J connectivity index is 2.32. The second-order valence-corrected chi connectivity index (χ2v) is 5.39. The van der Waals surface area contributed by atoms with Crippen LogP contribution in [-0.2, 0) is 15.1 Å². The van der Waals surface area contributed by atoms with Crippen LogP contribution in [0.15, 0.2) is 24.3 Å². The largest absolute Gasteiger partial charge is 0.481 e. The summed E-state index contributed by atoms with van der Waals surface area (Å²) in [6.45, 7) is 4.74. The van der Waals surface area contributed by atoms with Crippen molar-refractivity contribution in [2.24, 2.45) is 0 Å². The minimum Gasteiger partial charge on any atom is -0.481 e. The maximum absolute atomic E-state index is 11.2. The highest BCUT2D eigenvalue weighted by Crippen LogP contribution is 2.33. The van der Waals surface area contributed by atoms with Crippen LogP contribution < -0.4 is 0 Å². The summed E-state index contributed by atoms with van der Waals surface area (Å²) in [5.74, 6) is -0.802. The molecule has 1 atom stereocenters. The fraction of sp³-hybridized carbons (Fsp3) is 0.500. The molecule has 104 valence electrons. The Kier molecular flexibility index (Phi) is 4.45. The van der Waals surface area contributed by atoms with E-state index < -0.39 is 11.5 Å². The fourth-order valence-corrected chi connectivity index (χ4v) is 2.68. The van der Waals surface area contributed by atoms with Crippen LogP contribution in [0.1, 0.15) is 18.9 Å². The number of rotatable bonds is 4. The van der Waals surface area contributed by atoms with E-state index in [0.717, 1.165) is 18.7 Å². The quantitative estimate of drug-likeness (QED) is 0.922. The summed E-state index contributed by atoms with van der Waals surface area (Å²) >= 11 is 5.90. The van der Waals surface area contributed by atoms with Crippen molar-refractivity contribution in [1.29, 1.82) is 0 Å². The van der Waals surface area contributed by atoms with Crippen LogP contribution >= 0.6 is 11.6 Å². The molecule has 0 saturated carbocycles. The van der Waals surface area contributed by atoms with Gasteiger partial charge in [0.25, 0.3) is 0 Å². The molecule has 0 spiro atoms. The lowest BCUT2D eigenvalue weighted by Crippen LogP contribution is -2.50. The van der Waals surface area contributed by atoms with Gasteiger partial charge in [-0.25, -0.2) is 0 Å². The molecule has 1 unspecified atom stereocenters. The second kappa shape index (κ2) is 5.90. The smallest absolute Gasteiger partial charge is 0.305 e. The van der Waals surface area contributed by atoms with Gasteiger partial charge >= 0.3 is 5.97 Å². The summed E-state index contributed by atoms with van der Waals surface area (Å²) in [5.41, 5.74) is 0.446. The molecule has 0 aromatic heterocycles. The summed E-state index contributed by atoms with van der Waals surface area (Å²) in [5, 5.41) is 9.87. The lowest BCUT2D eigenvalue weighted by molar-refractivity contribution is -0.141. The molecule has 5 heteroatoms. The molecular formula is C14H18ClNO3. The molecule has 2 rings (SSSR count). The molecule has 1 aromatic rings. The number of carboxylic acid groups (broad SMARTS) is 1. The zero-order valence-corrected chi connectivity index (χ0v) is 11.7. The number of carbonyl (C=O) groups is 1. The number of benzene rings is 1. The predicted octanol–water partition coefficient (Wildman–Crippen LogP) is 2.36. The number of hydrogen-bond acceptors (Lipinski definition) is 3. The van der Waals surface area contributed by atoms with Gasteiger partial charge in [0.05, 0.1) is 25.2 Å². The Morgan fingerprint density at radius 2 is 1.95 bits per heavy atom. The van der Waals surface area contributed by atoms with Crippen molar-refractivity contribution < 1.29 is 14.6 Å². The van der Waals surface area contributed by atoms with Crippen molar-refractivity contribution in [3.8, 4) is 0 Å². The van der Waals surface area contributed by atoms with Crippen LogP contribution in [0.3, 0.4) is 0 Å². The predicted molar refractivity (Wildman–Crippen MR) is 73.4 cm³/mol. The monoisotopic (exact) mass is 283 g/mol. The summed E-state index contributed by atoms with van der Waals surface area (Å²) < 4.78 is 5.34. The Morgan fingerprint density at radius 3 is 2.47 bits per heavy atom. The maximum atomic E-state index is 11.2. The molecule has 19 heavy (non-hydrogen) atoms. The van der Waals surface area contributed by atoms with Gasteiger partial charge in [-0.05, 0) is 24.6 Å². The first kappa shape index (κ1) is 14.3. The fourth-order valence-electron chi connectivity index (χ4n) is 2.56. The molecule has 1 heterocycles. The highest BCUT2D eigenvalue weighted by Gasteiger charge is 2.36. The van der Waals surface area contributed by atoms with E-state index in [2.05, 4.69) is 4.90 Å². The summed E-state index contributed by atoms with van der Waals surface area (Å²) in [6.07, 6.45) is 0.0641. The highest BCUT2D eigenvalue weighted by molar-refractivity contribution is 6.30. The molecule has 0 bridgehead atoms. The van der Waals surface area contributed by atoms with Gasteiger partial charge in [0.1, 0.15) is 0 Å². The van der Waals surface area contributed by atoms with E-state index in [1.807, 2.05) is 19.1 Å². The van der Waals surface area contributed by atoms with E-state index in [4.69, 9.17) is 16.3 Å². The van der Waals surface area contributed by atoms with E-state index in [1.165, 1.54) is 0 Å². The number of hydrogen-bond donors (Lipinski definition) is 1. The van der Waals surface area contributed by atoms with E-state index in [-0.39, 0.29) is 6.42 Å². The topological polar surface area (TPSA) is 49.8 Å². The molecule has 1 saturated heterocycles. The van der Waals surface area contributed by atoms with Crippen LogP contribution in [0.25, 0.3) is 0 Å². The van der Waals surface area contributed by atoms with Crippen molar-refractivity contribution in [1.82, 2.24) is 4.90 Å². The van der Waals surface area contributed by atoms with Gasteiger partial charge in [-0.2, -0.15) is 0 Å². The van der Waals surface area contributed by atoms with Crippen molar-refractivity contribution in [2.75, 3.05) is 26.3 Å². The molecule has 1 aliphatic rings. The summed E-state index contributed by atoms with van der Waals surface area (Å²) in [4.78, 5) is 13.4. The molecular weight excluding hydrogens is 266 g/mol. The number of aliphatic carboxylic acids is 1. The Labute approximate surface area is 117 Å². The summed E-state index contributed by atoms with van der Waals surface area (Å²) in [6, 6.07) is 7.41. The van der Waals surface area contributed by atoms with Crippen LogP contribution in [-0.4, -0.2) is 42.3 Å². The van der Waals surface area contributed by atoms with Gasteiger partial charge in [-0.3, -0.25) is 9.69 Å². The van der Waals surface area contributed by atoms with Crippen molar-refractivity contribution in [3.05, 3.63) is 34.9 Å². The standard InChI is InChI=1S/C14H18ClNO3/c1-14(10-13(17)18,16-6-8-19-9-7-16)11-2-4-12(15)5-3-11/h2-5H,6-10H2,1H3,(H,17,18). The molecule has 1 fully saturated rings.